The Morgan fingerprint density at radius 1 is 1.33 bits per heavy atom. The van der Waals surface area contributed by atoms with Gasteiger partial charge in [-0.3, -0.25) is 0 Å². The molecule has 0 bridgehead atoms. The number of methoxy groups -OCH3 is 1. The average Bonchev–Trinajstić information content (AvgIpc) is 2.40. The van der Waals surface area contributed by atoms with E-state index in [0.717, 1.165) is 38.3 Å². The summed E-state index contributed by atoms with van der Waals surface area (Å²) in [5.41, 5.74) is 2.82. The zero-order valence-corrected chi connectivity index (χ0v) is 11.6. The van der Waals surface area contributed by atoms with Gasteiger partial charge in [-0.05, 0) is 44.0 Å². The fraction of sp³-hybridized carbons (Fsp3) is 0.600. The second kappa shape index (κ2) is 5.72. The highest BCUT2D eigenvalue weighted by Gasteiger charge is 2.34. The molecule has 18 heavy (non-hydrogen) atoms. The Morgan fingerprint density at radius 2 is 2.06 bits per heavy atom. The third-order valence-corrected chi connectivity index (χ3v) is 3.97. The predicted octanol–water partition coefficient (Wildman–Crippen LogP) is 2.27. The van der Waals surface area contributed by atoms with Gasteiger partial charge >= 0.3 is 0 Å². The summed E-state index contributed by atoms with van der Waals surface area (Å²) in [5.74, 6) is 0.963. The molecule has 0 unspecified atom stereocenters. The van der Waals surface area contributed by atoms with Crippen LogP contribution in [0.15, 0.2) is 18.2 Å². The largest absolute Gasteiger partial charge is 0.496 e. The van der Waals surface area contributed by atoms with Crippen molar-refractivity contribution in [2.45, 2.75) is 25.2 Å². The summed E-state index contributed by atoms with van der Waals surface area (Å²) < 4.78 is 10.9. The molecule has 0 atom stereocenters. The van der Waals surface area contributed by atoms with Crippen LogP contribution in [0.3, 0.4) is 0 Å². The van der Waals surface area contributed by atoms with Crippen LogP contribution in [0.1, 0.15) is 24.0 Å². The fourth-order valence-corrected chi connectivity index (χ4v) is 2.88. The maximum atomic E-state index is 5.52. The van der Waals surface area contributed by atoms with E-state index in [1.807, 2.05) is 7.05 Å². The topological polar surface area (TPSA) is 30.5 Å². The molecular weight excluding hydrogens is 226 g/mol. The molecule has 1 N–H and O–H groups in total. The molecule has 3 heteroatoms. The van der Waals surface area contributed by atoms with Gasteiger partial charge in [-0.1, -0.05) is 12.1 Å². The van der Waals surface area contributed by atoms with Crippen molar-refractivity contribution in [3.63, 3.8) is 0 Å². The van der Waals surface area contributed by atoms with E-state index in [0.29, 0.717) is 0 Å². The van der Waals surface area contributed by atoms with Gasteiger partial charge in [0.1, 0.15) is 5.75 Å². The van der Waals surface area contributed by atoms with Crippen molar-refractivity contribution in [2.75, 3.05) is 33.9 Å². The van der Waals surface area contributed by atoms with Crippen LogP contribution in [0.25, 0.3) is 0 Å². The SMILES string of the molecule is CNCC1(c2ccc(OC)c(C)c2)CCOCC1. The number of hydrogen-bond donors (Lipinski definition) is 1. The van der Waals surface area contributed by atoms with Crippen molar-refractivity contribution in [1.29, 1.82) is 0 Å². The van der Waals surface area contributed by atoms with Gasteiger partial charge in [0, 0.05) is 25.2 Å². The second-order valence-corrected chi connectivity index (χ2v) is 5.11. The van der Waals surface area contributed by atoms with E-state index in [2.05, 4.69) is 30.4 Å². The van der Waals surface area contributed by atoms with E-state index in [1.54, 1.807) is 7.11 Å². The molecule has 0 radical (unpaired) electrons. The van der Waals surface area contributed by atoms with Gasteiger partial charge in [-0.25, -0.2) is 0 Å². The summed E-state index contributed by atoms with van der Waals surface area (Å²) in [6.07, 6.45) is 2.17. The Bertz CT molecular complexity index is 392. The van der Waals surface area contributed by atoms with E-state index in [9.17, 15) is 0 Å². The third kappa shape index (κ3) is 2.52. The standard InChI is InChI=1S/C15H23NO2/c1-12-10-13(4-5-14(12)17-3)15(11-16-2)6-8-18-9-7-15/h4-5,10,16H,6-9,11H2,1-3H3. The molecule has 2 rings (SSSR count). The minimum atomic E-state index is 0.212. The minimum Gasteiger partial charge on any atom is -0.496 e. The molecule has 1 aliphatic heterocycles. The zero-order chi connectivity index (χ0) is 13.0. The molecule has 0 saturated carbocycles. The van der Waals surface area contributed by atoms with Crippen molar-refractivity contribution in [3.8, 4) is 5.75 Å². The maximum Gasteiger partial charge on any atom is 0.121 e. The van der Waals surface area contributed by atoms with Gasteiger partial charge in [-0.15, -0.1) is 0 Å². The van der Waals surface area contributed by atoms with Crippen LogP contribution in [0.5, 0.6) is 5.75 Å². The molecule has 0 amide bonds. The monoisotopic (exact) mass is 249 g/mol. The Balaban J connectivity index is 2.33. The van der Waals surface area contributed by atoms with Crippen LogP contribution in [-0.4, -0.2) is 33.9 Å². The van der Waals surface area contributed by atoms with Crippen LogP contribution in [0, 0.1) is 6.92 Å². The number of likely N-dealkylation sites (N-methyl/N-ethyl adjacent to an activating group) is 1. The van der Waals surface area contributed by atoms with Gasteiger partial charge in [0.25, 0.3) is 0 Å². The van der Waals surface area contributed by atoms with Gasteiger partial charge in [0.2, 0.25) is 0 Å². The van der Waals surface area contributed by atoms with Gasteiger partial charge in [0.05, 0.1) is 7.11 Å². The van der Waals surface area contributed by atoms with Crippen molar-refractivity contribution in [1.82, 2.24) is 5.32 Å². The molecule has 100 valence electrons. The third-order valence-electron chi connectivity index (χ3n) is 3.97. The Labute approximate surface area is 109 Å². The molecule has 0 aromatic heterocycles. The van der Waals surface area contributed by atoms with Crippen molar-refractivity contribution in [2.24, 2.45) is 0 Å². The summed E-state index contributed by atoms with van der Waals surface area (Å²) in [5, 5.41) is 3.34. The molecule has 1 aliphatic rings. The van der Waals surface area contributed by atoms with Crippen LogP contribution in [0.4, 0.5) is 0 Å². The molecule has 1 saturated heterocycles. The van der Waals surface area contributed by atoms with Crippen LogP contribution in [0.2, 0.25) is 0 Å². The lowest BCUT2D eigenvalue weighted by Crippen LogP contribution is -2.41. The van der Waals surface area contributed by atoms with E-state index in [4.69, 9.17) is 9.47 Å². The Kier molecular flexibility index (Phi) is 4.25. The number of benzene rings is 1. The van der Waals surface area contributed by atoms with Crippen LogP contribution < -0.4 is 10.1 Å². The van der Waals surface area contributed by atoms with Gasteiger partial charge < -0.3 is 14.8 Å². The number of hydrogen-bond acceptors (Lipinski definition) is 3. The predicted molar refractivity (Wildman–Crippen MR) is 73.4 cm³/mol. The van der Waals surface area contributed by atoms with Crippen molar-refractivity contribution < 1.29 is 9.47 Å². The fourth-order valence-electron chi connectivity index (χ4n) is 2.88. The number of aryl methyl sites for hydroxylation is 1. The zero-order valence-electron chi connectivity index (χ0n) is 11.6. The molecule has 1 heterocycles. The lowest BCUT2D eigenvalue weighted by Gasteiger charge is -2.38. The maximum absolute atomic E-state index is 5.52. The van der Waals surface area contributed by atoms with Gasteiger partial charge in [0.15, 0.2) is 0 Å². The lowest BCUT2D eigenvalue weighted by molar-refractivity contribution is 0.0505. The number of ether oxygens (including phenoxy) is 2. The molecule has 0 spiro atoms. The van der Waals surface area contributed by atoms with E-state index >= 15 is 0 Å². The molecule has 0 aliphatic carbocycles. The summed E-state index contributed by atoms with van der Waals surface area (Å²) in [7, 11) is 3.74. The normalized spacial score (nSPS) is 18.6. The van der Waals surface area contributed by atoms with Crippen LogP contribution in [-0.2, 0) is 10.2 Å². The average molecular weight is 249 g/mol. The highest BCUT2D eigenvalue weighted by molar-refractivity contribution is 5.40. The van der Waals surface area contributed by atoms with Crippen molar-refractivity contribution >= 4 is 0 Å². The highest BCUT2D eigenvalue weighted by atomic mass is 16.5. The van der Waals surface area contributed by atoms with E-state index in [-0.39, 0.29) is 5.41 Å². The summed E-state index contributed by atoms with van der Waals surface area (Å²) >= 11 is 0. The number of rotatable bonds is 4. The first-order chi connectivity index (χ1) is 8.72. The Morgan fingerprint density at radius 3 is 2.61 bits per heavy atom. The molecule has 1 fully saturated rings. The minimum absolute atomic E-state index is 0.212. The lowest BCUT2D eigenvalue weighted by atomic mass is 9.73. The molecule has 1 aromatic carbocycles. The number of nitrogens with one attached hydrogen (secondary N) is 1. The summed E-state index contributed by atoms with van der Waals surface area (Å²) in [4.78, 5) is 0. The first kappa shape index (κ1) is 13.4. The van der Waals surface area contributed by atoms with Crippen molar-refractivity contribution in [3.05, 3.63) is 29.3 Å². The quantitative estimate of drug-likeness (QED) is 0.888. The summed E-state index contributed by atoms with van der Waals surface area (Å²) in [6.45, 7) is 4.82. The first-order valence-corrected chi connectivity index (χ1v) is 6.59. The summed E-state index contributed by atoms with van der Waals surface area (Å²) in [6, 6.07) is 6.55. The van der Waals surface area contributed by atoms with Gasteiger partial charge in [-0.2, -0.15) is 0 Å². The Hall–Kier alpha value is -1.06. The molecule has 1 aromatic rings. The highest BCUT2D eigenvalue weighted by Crippen LogP contribution is 2.36. The van der Waals surface area contributed by atoms with Crippen LogP contribution >= 0.6 is 0 Å². The molecular formula is C15H23NO2. The van der Waals surface area contributed by atoms with E-state index in [1.165, 1.54) is 11.1 Å². The second-order valence-electron chi connectivity index (χ2n) is 5.11. The smallest absolute Gasteiger partial charge is 0.121 e. The van der Waals surface area contributed by atoms with E-state index < -0.39 is 0 Å². The molecule has 3 nitrogen and oxygen atoms in total. The first-order valence-electron chi connectivity index (χ1n) is 6.59.